The fourth-order valence-electron chi connectivity index (χ4n) is 11.3. The number of nitriles is 2. The zero-order chi connectivity index (χ0) is 66.5. The third-order valence-corrected chi connectivity index (χ3v) is 18.3. The van der Waals surface area contributed by atoms with Crippen LogP contribution in [0.5, 0.6) is 0 Å². The van der Waals surface area contributed by atoms with Crippen LogP contribution in [0.3, 0.4) is 0 Å². The fraction of sp³-hybridized carbons (Fsp3) is 0.514. The molecule has 6 rings (SSSR count). The van der Waals surface area contributed by atoms with E-state index in [1.165, 1.54) is 35.7 Å². The summed E-state index contributed by atoms with van der Waals surface area (Å²) in [6.07, 6.45) is 7.28. The van der Waals surface area contributed by atoms with Gasteiger partial charge in [-0.3, -0.25) is 19.6 Å². The predicted molar refractivity (Wildman–Crippen MR) is 355 cm³/mol. The molecule has 0 spiro atoms. The molecule has 0 saturated carbocycles. The van der Waals surface area contributed by atoms with Crippen molar-refractivity contribution in [2.24, 2.45) is 9.98 Å². The molecule has 4 aromatic carbocycles. The zero-order valence-electron chi connectivity index (χ0n) is 53.4. The Labute approximate surface area is 547 Å². The van der Waals surface area contributed by atoms with Gasteiger partial charge in [-0.1, -0.05) is 137 Å². The van der Waals surface area contributed by atoms with Gasteiger partial charge in [-0.25, -0.2) is 19.6 Å². The highest BCUT2D eigenvalue weighted by molar-refractivity contribution is 8.14. The highest BCUT2D eigenvalue weighted by Crippen LogP contribution is 2.43. The maximum atomic E-state index is 14.0. The molecule has 2 N–H and O–H groups in total. The number of carbonyl (C=O) groups is 2. The lowest BCUT2D eigenvalue weighted by Crippen LogP contribution is -2.38. The van der Waals surface area contributed by atoms with Gasteiger partial charge in [0, 0.05) is 60.5 Å². The van der Waals surface area contributed by atoms with Gasteiger partial charge in [0.2, 0.25) is 0 Å². The Balaban J connectivity index is 0.878. The van der Waals surface area contributed by atoms with Crippen molar-refractivity contribution in [2.75, 3.05) is 87.0 Å². The molecule has 0 amide bonds. The highest BCUT2D eigenvalue weighted by atomic mass is 32.2. The van der Waals surface area contributed by atoms with Crippen LogP contribution in [0.25, 0.3) is 0 Å². The van der Waals surface area contributed by atoms with E-state index in [0.29, 0.717) is 68.6 Å². The highest BCUT2D eigenvalue weighted by Gasteiger charge is 2.39. The van der Waals surface area contributed by atoms with Crippen LogP contribution in [-0.4, -0.2) is 119 Å². The second-order valence-corrected chi connectivity index (χ2v) is 24.9. The molecule has 4 aromatic rings. The molecule has 2 aliphatic rings. The van der Waals surface area contributed by atoms with Crippen molar-refractivity contribution in [3.05, 3.63) is 153 Å². The molecule has 22 heteroatoms. The lowest BCUT2D eigenvalue weighted by molar-refractivity contribution is -0.139. The number of thioether (sulfide) groups is 2. The first-order valence-corrected chi connectivity index (χ1v) is 34.1. The van der Waals surface area contributed by atoms with E-state index in [-0.39, 0.29) is 48.9 Å². The zero-order valence-corrected chi connectivity index (χ0v) is 55.0. The molecule has 2 aliphatic heterocycles. The average molecular weight is 1320 g/mol. The Morgan fingerprint density at radius 3 is 1.16 bits per heavy atom. The number of rotatable bonds is 37. The molecule has 2 heterocycles. The lowest BCUT2D eigenvalue weighted by atomic mass is 9.95. The molecule has 498 valence electrons. The van der Waals surface area contributed by atoms with Crippen molar-refractivity contribution in [1.82, 2.24) is 9.80 Å². The van der Waals surface area contributed by atoms with Crippen LogP contribution in [0.2, 0.25) is 0 Å². The molecular formula is C70H88F6N8O6S2. The van der Waals surface area contributed by atoms with Crippen molar-refractivity contribution in [3.63, 3.8) is 0 Å². The van der Waals surface area contributed by atoms with Gasteiger partial charge in [0.25, 0.3) is 0 Å². The van der Waals surface area contributed by atoms with Gasteiger partial charge in [0.15, 0.2) is 10.3 Å². The van der Waals surface area contributed by atoms with Gasteiger partial charge in [-0.05, 0) is 138 Å². The molecule has 0 radical (unpaired) electrons. The first kappa shape index (κ1) is 74.4. The third-order valence-electron chi connectivity index (χ3n) is 16.2. The van der Waals surface area contributed by atoms with Crippen molar-refractivity contribution in [1.29, 1.82) is 10.5 Å². The summed E-state index contributed by atoms with van der Waals surface area (Å²) in [5.41, 5.74) is 2.29. The average Bonchev–Trinajstić information content (AvgIpc) is 0.781. The number of allylic oxidation sites excluding steroid dienone is 2. The van der Waals surface area contributed by atoms with E-state index in [0.717, 1.165) is 153 Å². The molecule has 2 atom stereocenters. The standard InChI is InChI=1S/C70H88F6N8O6S2/c1-5-89-65(87)61-51(3)83(59-27-23-25-57(47-59)69(71,72)73)67(79-63(61)55-33-29-53(49-77)30-34-55)91-45-21-17-13-9-7-11-15-19-37-81(41-43-85)39-40-82(42-44-86)38-20-16-12-8-10-14-18-22-46-92-68-80-64(56-35-31-54(50-78)32-36-56)62(66(88)90-6-2)52(4)84(68)60-28-24-26-58(48-60)70(74,75)76/h23-36,47-48,63-64,85-86H,5-22,37-46H2,1-4H3. The number of nitrogens with zero attached hydrogens (tertiary/aromatic N) is 8. The number of benzene rings is 4. The summed E-state index contributed by atoms with van der Waals surface area (Å²) < 4.78 is 94.7. The number of alkyl halides is 6. The van der Waals surface area contributed by atoms with E-state index >= 15 is 0 Å². The van der Waals surface area contributed by atoms with Gasteiger partial charge in [-0.15, -0.1) is 0 Å². The maximum Gasteiger partial charge on any atom is 0.416 e. The van der Waals surface area contributed by atoms with Crippen LogP contribution in [0, 0.1) is 22.7 Å². The van der Waals surface area contributed by atoms with E-state index < -0.39 is 47.5 Å². The Hall–Kier alpha value is -6.66. The number of aliphatic imine (C=N–C) groups is 2. The Morgan fingerprint density at radius 1 is 0.511 bits per heavy atom. The molecule has 0 bridgehead atoms. The number of unbranched alkanes of at least 4 members (excludes halogenated alkanes) is 14. The largest absolute Gasteiger partial charge is 0.463 e. The topological polar surface area (TPSA) is 178 Å². The number of hydrogen-bond acceptors (Lipinski definition) is 16. The number of hydrogen-bond donors (Lipinski definition) is 2. The van der Waals surface area contributed by atoms with Gasteiger partial charge in [0.1, 0.15) is 12.1 Å². The Morgan fingerprint density at radius 2 is 0.848 bits per heavy atom. The van der Waals surface area contributed by atoms with Gasteiger partial charge in [0.05, 0.1) is 72.0 Å². The van der Waals surface area contributed by atoms with E-state index in [9.17, 15) is 56.7 Å². The molecule has 14 nitrogen and oxygen atoms in total. The normalized spacial score (nSPS) is 15.4. The van der Waals surface area contributed by atoms with Crippen LogP contribution in [0.15, 0.2) is 130 Å². The van der Waals surface area contributed by atoms with Crippen LogP contribution in [0.4, 0.5) is 37.7 Å². The van der Waals surface area contributed by atoms with Crippen LogP contribution >= 0.6 is 23.5 Å². The minimum Gasteiger partial charge on any atom is -0.463 e. The summed E-state index contributed by atoms with van der Waals surface area (Å²) in [6.45, 7) is 11.7. The smallest absolute Gasteiger partial charge is 0.416 e. The van der Waals surface area contributed by atoms with E-state index in [4.69, 9.17) is 19.5 Å². The third kappa shape index (κ3) is 22.5. The van der Waals surface area contributed by atoms with Gasteiger partial charge < -0.3 is 19.7 Å². The monoisotopic (exact) mass is 1310 g/mol. The van der Waals surface area contributed by atoms with Crippen molar-refractivity contribution >= 4 is 57.2 Å². The van der Waals surface area contributed by atoms with Crippen molar-refractivity contribution in [3.8, 4) is 12.1 Å². The number of halogens is 6. The Kier molecular flexibility index (Phi) is 31.1. The summed E-state index contributed by atoms with van der Waals surface area (Å²) in [6, 6.07) is 26.2. The van der Waals surface area contributed by atoms with Gasteiger partial charge in [-0.2, -0.15) is 36.9 Å². The Bertz CT molecular complexity index is 2990. The summed E-state index contributed by atoms with van der Waals surface area (Å²) in [5.74, 6) is 0.0883. The molecular weight excluding hydrogens is 1230 g/mol. The van der Waals surface area contributed by atoms with Gasteiger partial charge >= 0.3 is 24.3 Å². The van der Waals surface area contributed by atoms with Crippen molar-refractivity contribution < 1.29 is 55.6 Å². The van der Waals surface area contributed by atoms with Crippen LogP contribution in [-0.2, 0) is 31.4 Å². The lowest BCUT2D eigenvalue weighted by Gasteiger charge is -2.35. The number of carbonyl (C=O) groups excluding carboxylic acids is 2. The first-order chi connectivity index (χ1) is 44.4. The number of aliphatic hydroxyl groups is 2. The molecule has 2 unspecified atom stereocenters. The second-order valence-electron chi connectivity index (χ2n) is 22.8. The number of anilines is 2. The molecule has 0 fully saturated rings. The molecule has 0 aliphatic carbocycles. The second kappa shape index (κ2) is 38.5. The first-order valence-electron chi connectivity index (χ1n) is 32.2. The number of ether oxygens (including phenoxy) is 2. The minimum absolute atomic E-state index is 0.0750. The number of esters is 2. The summed E-state index contributed by atoms with van der Waals surface area (Å²) in [7, 11) is 0. The molecule has 92 heavy (non-hydrogen) atoms. The van der Waals surface area contributed by atoms with Crippen LogP contribution in [0.1, 0.15) is 176 Å². The summed E-state index contributed by atoms with van der Waals surface area (Å²) in [5, 5.41) is 39.6. The SMILES string of the molecule is CCOC(=O)C1=C(C)N(c2cccc(C(F)(F)F)c2)C(SCCCCCCCCCCN(CCO)CCN(CCO)CCCCCCCCCCSC2=NC(c3ccc(C#N)cc3)C(C(=O)OCC)=C(C)N2c2cccc(C(F)(F)F)c2)=NC1c1ccc(C#N)cc1. The summed E-state index contributed by atoms with van der Waals surface area (Å²) in [4.78, 5) is 44.9. The minimum atomic E-state index is -4.58. The molecule has 0 aromatic heterocycles. The maximum absolute atomic E-state index is 14.0. The quantitative estimate of drug-likeness (QED) is 0.0247. The van der Waals surface area contributed by atoms with Crippen molar-refractivity contribution in [2.45, 2.75) is 155 Å². The van der Waals surface area contributed by atoms with E-state index in [1.807, 2.05) is 0 Å². The van der Waals surface area contributed by atoms with Crippen LogP contribution < -0.4 is 9.80 Å². The summed E-state index contributed by atoms with van der Waals surface area (Å²) >= 11 is 2.88. The van der Waals surface area contributed by atoms with E-state index in [1.54, 1.807) is 98.2 Å². The fourth-order valence-corrected chi connectivity index (χ4v) is 13.5. The predicted octanol–water partition coefficient (Wildman–Crippen LogP) is 16.0. The van der Waals surface area contributed by atoms with E-state index in [2.05, 4.69) is 21.9 Å². The number of amidine groups is 2. The molecule has 0 saturated heterocycles. The number of aliphatic hydroxyl groups excluding tert-OH is 2.